The first kappa shape index (κ1) is 13.0. The summed E-state index contributed by atoms with van der Waals surface area (Å²) in [5, 5.41) is 3.42. The third-order valence-corrected chi connectivity index (χ3v) is 4.30. The second-order valence-corrected chi connectivity index (χ2v) is 7.13. The maximum Gasteiger partial charge on any atom is 0.148 e. The van der Waals surface area contributed by atoms with Crippen LogP contribution >= 0.6 is 0 Å². The molecular formula is C11H23NO2S. The molecule has 4 heteroatoms. The van der Waals surface area contributed by atoms with Crippen molar-refractivity contribution >= 4 is 9.84 Å². The first-order valence-corrected chi connectivity index (χ1v) is 7.90. The summed E-state index contributed by atoms with van der Waals surface area (Å²) in [6, 6.07) is 0.618. The minimum Gasteiger partial charge on any atom is -0.310 e. The van der Waals surface area contributed by atoms with E-state index in [0.29, 0.717) is 6.04 Å². The molecule has 0 saturated heterocycles. The van der Waals surface area contributed by atoms with Crippen LogP contribution in [-0.4, -0.2) is 32.5 Å². The highest BCUT2D eigenvalue weighted by molar-refractivity contribution is 7.90. The number of hydrogen-bond donors (Lipinski definition) is 1. The molecule has 0 aromatic heterocycles. The summed E-state index contributed by atoms with van der Waals surface area (Å²) in [5.74, 6) is 1.09. The summed E-state index contributed by atoms with van der Waals surface area (Å²) in [6.45, 7) is 4.19. The van der Waals surface area contributed by atoms with Crippen molar-refractivity contribution in [3.05, 3.63) is 0 Å². The monoisotopic (exact) mass is 233 g/mol. The Bertz CT molecular complexity index is 287. The fourth-order valence-corrected chi connectivity index (χ4v) is 3.51. The van der Waals surface area contributed by atoms with Crippen LogP contribution in [0.15, 0.2) is 0 Å². The molecule has 0 radical (unpaired) electrons. The van der Waals surface area contributed by atoms with E-state index in [0.717, 1.165) is 5.92 Å². The number of hydrogen-bond acceptors (Lipinski definition) is 3. The Balaban J connectivity index is 2.30. The van der Waals surface area contributed by atoms with Gasteiger partial charge in [-0.15, -0.1) is 0 Å². The van der Waals surface area contributed by atoms with Crippen LogP contribution in [0.5, 0.6) is 0 Å². The molecule has 1 N–H and O–H groups in total. The molecule has 3 nitrogen and oxygen atoms in total. The molecule has 0 aliphatic heterocycles. The van der Waals surface area contributed by atoms with E-state index in [1.165, 1.54) is 31.9 Å². The van der Waals surface area contributed by atoms with E-state index in [2.05, 4.69) is 12.2 Å². The van der Waals surface area contributed by atoms with E-state index in [1.54, 1.807) is 0 Å². The Morgan fingerprint density at radius 3 is 2.53 bits per heavy atom. The molecule has 0 bridgehead atoms. The lowest BCUT2D eigenvalue weighted by molar-refractivity contribution is 0.444. The molecule has 0 heterocycles. The van der Waals surface area contributed by atoms with Gasteiger partial charge in [-0.3, -0.25) is 0 Å². The maximum absolute atomic E-state index is 11.1. The minimum atomic E-state index is -2.85. The molecule has 90 valence electrons. The minimum absolute atomic E-state index is 0.0839. The summed E-state index contributed by atoms with van der Waals surface area (Å²) in [7, 11) is -2.85. The Morgan fingerprint density at radius 2 is 2.07 bits per heavy atom. The zero-order valence-electron chi connectivity index (χ0n) is 9.99. The SMILES string of the molecule is CCC1CCC(NC(C)CS(C)(=O)=O)C1. The average molecular weight is 233 g/mol. The van der Waals surface area contributed by atoms with Gasteiger partial charge in [0.15, 0.2) is 0 Å². The lowest BCUT2D eigenvalue weighted by Gasteiger charge is -2.18. The fraction of sp³-hybridized carbons (Fsp3) is 1.00. The van der Waals surface area contributed by atoms with E-state index >= 15 is 0 Å². The molecule has 3 unspecified atom stereocenters. The van der Waals surface area contributed by atoms with Gasteiger partial charge in [-0.1, -0.05) is 13.3 Å². The van der Waals surface area contributed by atoms with Gasteiger partial charge in [0.2, 0.25) is 0 Å². The van der Waals surface area contributed by atoms with Crippen LogP contribution in [0.25, 0.3) is 0 Å². The lowest BCUT2D eigenvalue weighted by atomic mass is 10.1. The Kier molecular flexibility index (Phi) is 4.59. The third-order valence-electron chi connectivity index (χ3n) is 3.19. The van der Waals surface area contributed by atoms with Crippen LogP contribution in [0.1, 0.15) is 39.5 Å². The van der Waals surface area contributed by atoms with Gasteiger partial charge in [0.25, 0.3) is 0 Å². The molecule has 0 aromatic rings. The van der Waals surface area contributed by atoms with E-state index < -0.39 is 9.84 Å². The second-order valence-electron chi connectivity index (χ2n) is 4.94. The molecule has 0 amide bonds. The molecule has 0 aromatic carbocycles. The van der Waals surface area contributed by atoms with Gasteiger partial charge in [0.05, 0.1) is 5.75 Å². The largest absolute Gasteiger partial charge is 0.310 e. The van der Waals surface area contributed by atoms with Crippen LogP contribution in [0.4, 0.5) is 0 Å². The van der Waals surface area contributed by atoms with Crippen molar-refractivity contribution in [1.29, 1.82) is 0 Å². The van der Waals surface area contributed by atoms with Crippen LogP contribution in [0, 0.1) is 5.92 Å². The normalized spacial score (nSPS) is 29.3. The molecule has 3 atom stereocenters. The van der Waals surface area contributed by atoms with Gasteiger partial charge in [0.1, 0.15) is 9.84 Å². The van der Waals surface area contributed by atoms with E-state index in [1.807, 2.05) is 6.92 Å². The topological polar surface area (TPSA) is 46.2 Å². The van der Waals surface area contributed by atoms with Gasteiger partial charge in [0, 0.05) is 18.3 Å². The van der Waals surface area contributed by atoms with Crippen LogP contribution in [0.2, 0.25) is 0 Å². The number of sulfone groups is 1. The molecule has 0 spiro atoms. The molecule has 1 rings (SSSR count). The van der Waals surface area contributed by atoms with Gasteiger partial charge in [-0.2, -0.15) is 0 Å². The molecular weight excluding hydrogens is 210 g/mol. The first-order valence-electron chi connectivity index (χ1n) is 5.84. The zero-order chi connectivity index (χ0) is 11.5. The molecule has 1 saturated carbocycles. The predicted molar refractivity (Wildman–Crippen MR) is 63.7 cm³/mol. The Hall–Kier alpha value is -0.0900. The smallest absolute Gasteiger partial charge is 0.148 e. The van der Waals surface area contributed by atoms with Crippen molar-refractivity contribution in [2.75, 3.05) is 12.0 Å². The van der Waals surface area contributed by atoms with Crippen molar-refractivity contribution in [2.45, 2.75) is 51.6 Å². The summed E-state index contributed by atoms with van der Waals surface area (Å²) in [4.78, 5) is 0. The standard InChI is InChI=1S/C11H23NO2S/c1-4-10-5-6-11(7-10)12-9(2)8-15(3,13)14/h9-12H,4-8H2,1-3H3. The maximum atomic E-state index is 11.1. The summed E-state index contributed by atoms with van der Waals surface area (Å²) in [6.07, 6.45) is 6.25. The predicted octanol–water partition coefficient (Wildman–Crippen LogP) is 1.59. The highest BCUT2D eigenvalue weighted by atomic mass is 32.2. The molecule has 1 aliphatic rings. The summed E-state index contributed by atoms with van der Waals surface area (Å²) in [5.41, 5.74) is 0. The van der Waals surface area contributed by atoms with Gasteiger partial charge >= 0.3 is 0 Å². The van der Waals surface area contributed by atoms with Crippen molar-refractivity contribution in [2.24, 2.45) is 5.92 Å². The van der Waals surface area contributed by atoms with E-state index in [-0.39, 0.29) is 11.8 Å². The third kappa shape index (κ3) is 4.98. The van der Waals surface area contributed by atoms with Gasteiger partial charge < -0.3 is 5.32 Å². The summed E-state index contributed by atoms with van der Waals surface area (Å²) < 4.78 is 22.2. The molecule has 1 fully saturated rings. The van der Waals surface area contributed by atoms with Crippen molar-refractivity contribution in [1.82, 2.24) is 5.32 Å². The Labute approximate surface area is 93.6 Å². The molecule has 1 aliphatic carbocycles. The van der Waals surface area contributed by atoms with E-state index in [9.17, 15) is 8.42 Å². The number of rotatable bonds is 5. The zero-order valence-corrected chi connectivity index (χ0v) is 10.8. The highest BCUT2D eigenvalue weighted by Crippen LogP contribution is 2.28. The van der Waals surface area contributed by atoms with Crippen molar-refractivity contribution in [3.8, 4) is 0 Å². The quantitative estimate of drug-likeness (QED) is 0.784. The number of nitrogens with one attached hydrogen (secondary N) is 1. The fourth-order valence-electron chi connectivity index (χ4n) is 2.50. The van der Waals surface area contributed by atoms with E-state index in [4.69, 9.17) is 0 Å². The summed E-state index contributed by atoms with van der Waals surface area (Å²) >= 11 is 0. The van der Waals surface area contributed by atoms with Crippen LogP contribution < -0.4 is 5.32 Å². The van der Waals surface area contributed by atoms with Crippen LogP contribution in [-0.2, 0) is 9.84 Å². The highest BCUT2D eigenvalue weighted by Gasteiger charge is 2.24. The van der Waals surface area contributed by atoms with Crippen molar-refractivity contribution < 1.29 is 8.42 Å². The Morgan fingerprint density at radius 1 is 1.40 bits per heavy atom. The van der Waals surface area contributed by atoms with Crippen LogP contribution in [0.3, 0.4) is 0 Å². The second kappa shape index (κ2) is 5.30. The molecule has 15 heavy (non-hydrogen) atoms. The first-order chi connectivity index (χ1) is 6.90. The van der Waals surface area contributed by atoms with Crippen molar-refractivity contribution in [3.63, 3.8) is 0 Å². The van der Waals surface area contributed by atoms with Gasteiger partial charge in [-0.05, 0) is 32.1 Å². The lowest BCUT2D eigenvalue weighted by Crippen LogP contribution is -2.39. The van der Waals surface area contributed by atoms with Gasteiger partial charge in [-0.25, -0.2) is 8.42 Å². The average Bonchev–Trinajstić information content (AvgIpc) is 2.48.